The summed E-state index contributed by atoms with van der Waals surface area (Å²) < 4.78 is 2.01. The molecule has 6 nitrogen and oxygen atoms in total. The summed E-state index contributed by atoms with van der Waals surface area (Å²) in [4.78, 5) is 23.4. The molecule has 1 amide bonds. The number of pyridine rings is 1. The summed E-state index contributed by atoms with van der Waals surface area (Å²) in [6.45, 7) is 12.6. The first-order valence-corrected chi connectivity index (χ1v) is 11.8. The van der Waals surface area contributed by atoms with Gasteiger partial charge in [0.05, 0.1) is 22.2 Å². The molecule has 2 aliphatic heterocycles. The number of amides is 1. The zero-order chi connectivity index (χ0) is 21.0. The lowest BCUT2D eigenvalue weighted by Gasteiger charge is -2.36. The topological polar surface area (TPSA) is 54.3 Å². The summed E-state index contributed by atoms with van der Waals surface area (Å²) in [5.74, 6) is 0.672. The second-order valence-electron chi connectivity index (χ2n) is 10.5. The lowest BCUT2D eigenvalue weighted by molar-refractivity contribution is 0.0646. The van der Waals surface area contributed by atoms with Crippen LogP contribution < -0.4 is 0 Å². The maximum atomic E-state index is 13.7. The number of hydrogen-bond donors (Lipinski definition) is 0. The first kappa shape index (κ1) is 20.0. The molecule has 2 saturated heterocycles. The van der Waals surface area contributed by atoms with Crippen LogP contribution in [0.3, 0.4) is 0 Å². The van der Waals surface area contributed by atoms with Gasteiger partial charge >= 0.3 is 0 Å². The molecule has 3 aliphatic rings. The maximum absolute atomic E-state index is 13.7. The molecule has 0 unspecified atom stereocenters. The van der Waals surface area contributed by atoms with Gasteiger partial charge in [-0.3, -0.25) is 4.79 Å². The van der Waals surface area contributed by atoms with Gasteiger partial charge in [0.2, 0.25) is 0 Å². The van der Waals surface area contributed by atoms with E-state index in [1.165, 1.54) is 38.8 Å². The number of rotatable bonds is 3. The SMILES string of the molecule is Cc1nn(C(C)(C)C)c2nc(C3CC3)cc(C(=O)N3CCC(N4CCCC4)CC3)c12. The fourth-order valence-corrected chi connectivity index (χ4v) is 5.24. The number of nitrogens with zero attached hydrogens (tertiary/aromatic N) is 5. The molecule has 0 spiro atoms. The molecule has 0 radical (unpaired) electrons. The Bertz CT molecular complexity index is 954. The second kappa shape index (κ2) is 7.33. The zero-order valence-electron chi connectivity index (χ0n) is 18.9. The largest absolute Gasteiger partial charge is 0.339 e. The average molecular weight is 410 g/mol. The van der Waals surface area contributed by atoms with Crippen molar-refractivity contribution < 1.29 is 4.79 Å². The fourth-order valence-electron chi connectivity index (χ4n) is 5.24. The summed E-state index contributed by atoms with van der Waals surface area (Å²) in [5, 5.41) is 5.76. The number of carbonyl (C=O) groups is 1. The number of fused-ring (bicyclic) bond motifs is 1. The predicted octanol–water partition coefficient (Wildman–Crippen LogP) is 4.07. The summed E-state index contributed by atoms with van der Waals surface area (Å²) in [6, 6.07) is 2.73. The lowest BCUT2D eigenvalue weighted by Crippen LogP contribution is -2.46. The smallest absolute Gasteiger partial charge is 0.254 e. The van der Waals surface area contributed by atoms with E-state index in [0.717, 1.165) is 53.9 Å². The third kappa shape index (κ3) is 3.53. The molecule has 0 atom stereocenters. The van der Waals surface area contributed by atoms with Crippen LogP contribution in [-0.4, -0.2) is 62.7 Å². The highest BCUT2D eigenvalue weighted by atomic mass is 16.2. The van der Waals surface area contributed by atoms with Crippen molar-refractivity contribution >= 4 is 16.9 Å². The Labute approximate surface area is 179 Å². The molecule has 6 heteroatoms. The van der Waals surface area contributed by atoms with Crippen molar-refractivity contribution in [3.8, 4) is 0 Å². The van der Waals surface area contributed by atoms with Gasteiger partial charge in [-0.2, -0.15) is 5.10 Å². The monoisotopic (exact) mass is 409 g/mol. The minimum atomic E-state index is -0.171. The van der Waals surface area contributed by atoms with E-state index in [4.69, 9.17) is 10.1 Å². The van der Waals surface area contributed by atoms with Crippen molar-refractivity contribution in [1.29, 1.82) is 0 Å². The molecule has 1 aliphatic carbocycles. The Kier molecular flexibility index (Phi) is 4.88. The Balaban J connectivity index is 1.47. The van der Waals surface area contributed by atoms with Gasteiger partial charge in [0.15, 0.2) is 5.65 Å². The van der Waals surface area contributed by atoms with Crippen LogP contribution >= 0.6 is 0 Å². The second-order valence-corrected chi connectivity index (χ2v) is 10.5. The maximum Gasteiger partial charge on any atom is 0.254 e. The molecule has 0 N–H and O–H groups in total. The Morgan fingerprint density at radius 1 is 1.03 bits per heavy atom. The van der Waals surface area contributed by atoms with E-state index in [9.17, 15) is 4.79 Å². The van der Waals surface area contributed by atoms with Crippen LogP contribution in [0.5, 0.6) is 0 Å². The first-order chi connectivity index (χ1) is 14.3. The molecule has 2 aromatic rings. The number of likely N-dealkylation sites (tertiary alicyclic amines) is 2. The molecule has 30 heavy (non-hydrogen) atoms. The third-order valence-corrected chi connectivity index (χ3v) is 7.10. The van der Waals surface area contributed by atoms with E-state index in [1.807, 2.05) is 11.6 Å². The number of aromatic nitrogens is 3. The van der Waals surface area contributed by atoms with Crippen molar-refractivity contribution in [3.63, 3.8) is 0 Å². The number of aryl methyl sites for hydroxylation is 1. The third-order valence-electron chi connectivity index (χ3n) is 7.10. The Morgan fingerprint density at radius 2 is 1.70 bits per heavy atom. The van der Waals surface area contributed by atoms with Gasteiger partial charge in [-0.25, -0.2) is 9.67 Å². The van der Waals surface area contributed by atoms with E-state index in [1.54, 1.807) is 0 Å². The van der Waals surface area contributed by atoms with Crippen LogP contribution in [0, 0.1) is 6.92 Å². The molecule has 2 aromatic heterocycles. The van der Waals surface area contributed by atoms with Crippen LogP contribution in [0.25, 0.3) is 11.0 Å². The molecule has 1 saturated carbocycles. The van der Waals surface area contributed by atoms with E-state index >= 15 is 0 Å². The van der Waals surface area contributed by atoms with Gasteiger partial charge < -0.3 is 9.80 Å². The van der Waals surface area contributed by atoms with Gasteiger partial charge in [0, 0.05) is 30.7 Å². The van der Waals surface area contributed by atoms with Crippen LogP contribution in [-0.2, 0) is 5.54 Å². The fraction of sp³-hybridized carbons (Fsp3) is 0.708. The summed E-state index contributed by atoms with van der Waals surface area (Å²) >= 11 is 0. The van der Waals surface area contributed by atoms with E-state index in [2.05, 4.69) is 36.6 Å². The number of hydrogen-bond acceptors (Lipinski definition) is 4. The molecular formula is C24H35N5O. The molecular weight excluding hydrogens is 374 g/mol. The van der Waals surface area contributed by atoms with Crippen LogP contribution in [0.4, 0.5) is 0 Å². The Morgan fingerprint density at radius 3 is 2.30 bits per heavy atom. The van der Waals surface area contributed by atoms with E-state index in [-0.39, 0.29) is 11.4 Å². The van der Waals surface area contributed by atoms with Crippen LogP contribution in [0.15, 0.2) is 6.07 Å². The van der Waals surface area contributed by atoms with Gasteiger partial charge in [0.1, 0.15) is 0 Å². The summed E-state index contributed by atoms with van der Waals surface area (Å²) in [7, 11) is 0. The van der Waals surface area contributed by atoms with Crippen LogP contribution in [0.1, 0.15) is 87.0 Å². The van der Waals surface area contributed by atoms with Crippen molar-refractivity contribution in [3.05, 3.63) is 23.0 Å². The minimum absolute atomic E-state index is 0.167. The van der Waals surface area contributed by atoms with Crippen molar-refractivity contribution in [1.82, 2.24) is 24.6 Å². The first-order valence-electron chi connectivity index (χ1n) is 11.8. The highest BCUT2D eigenvalue weighted by Gasteiger charge is 2.33. The van der Waals surface area contributed by atoms with Gasteiger partial charge in [-0.15, -0.1) is 0 Å². The minimum Gasteiger partial charge on any atom is -0.339 e. The average Bonchev–Trinajstić information content (AvgIpc) is 3.31. The Hall–Kier alpha value is -1.95. The zero-order valence-corrected chi connectivity index (χ0v) is 18.9. The molecule has 4 heterocycles. The van der Waals surface area contributed by atoms with Gasteiger partial charge in [-0.1, -0.05) is 0 Å². The highest BCUT2D eigenvalue weighted by Crippen LogP contribution is 2.41. The lowest BCUT2D eigenvalue weighted by atomic mass is 10.0. The van der Waals surface area contributed by atoms with Gasteiger partial charge in [-0.05, 0) is 85.4 Å². The van der Waals surface area contributed by atoms with Gasteiger partial charge in [0.25, 0.3) is 5.91 Å². The van der Waals surface area contributed by atoms with Crippen molar-refractivity contribution in [2.24, 2.45) is 0 Å². The molecule has 0 aromatic carbocycles. The summed E-state index contributed by atoms with van der Waals surface area (Å²) in [6.07, 6.45) is 7.20. The number of piperidine rings is 1. The van der Waals surface area contributed by atoms with Crippen molar-refractivity contribution in [2.75, 3.05) is 26.2 Å². The quantitative estimate of drug-likeness (QED) is 0.767. The molecule has 3 fully saturated rings. The predicted molar refractivity (Wildman–Crippen MR) is 119 cm³/mol. The molecule has 0 bridgehead atoms. The molecule has 5 rings (SSSR count). The van der Waals surface area contributed by atoms with E-state index < -0.39 is 0 Å². The summed E-state index contributed by atoms with van der Waals surface area (Å²) in [5.41, 5.74) is 3.50. The highest BCUT2D eigenvalue weighted by molar-refractivity contribution is 6.06. The number of carbonyl (C=O) groups excluding carboxylic acids is 1. The standard InChI is InChI=1S/C24H35N5O/c1-16-21-19(23(30)28-13-9-18(10-14-28)27-11-5-6-12-27)15-20(17-7-8-17)25-22(21)29(26-16)24(2,3)4/h15,17-18H,5-14H2,1-4H3. The van der Waals surface area contributed by atoms with Crippen LogP contribution in [0.2, 0.25) is 0 Å². The van der Waals surface area contributed by atoms with E-state index in [0.29, 0.717) is 12.0 Å². The molecule has 162 valence electrons. The normalized spacial score (nSPS) is 21.7. The van der Waals surface area contributed by atoms with Crippen molar-refractivity contribution in [2.45, 2.75) is 83.7 Å².